The Morgan fingerprint density at radius 3 is 2.41 bits per heavy atom. The highest BCUT2D eigenvalue weighted by Crippen LogP contribution is 2.40. The molecule has 0 saturated carbocycles. The molecule has 3 rings (SSSR count). The average molecular weight is 390 g/mol. The van der Waals surface area contributed by atoms with E-state index in [2.05, 4.69) is 5.43 Å². The predicted octanol–water partition coefficient (Wildman–Crippen LogP) is 2.03. The van der Waals surface area contributed by atoms with Crippen molar-refractivity contribution in [1.29, 1.82) is 0 Å². The molecule has 1 fully saturated rings. The van der Waals surface area contributed by atoms with Crippen molar-refractivity contribution in [2.75, 3.05) is 20.0 Å². The molecular formula is C18H18N2O6S. The summed E-state index contributed by atoms with van der Waals surface area (Å²) in [7, 11) is 2.81. The van der Waals surface area contributed by atoms with Crippen molar-refractivity contribution in [2.45, 2.75) is 5.37 Å². The van der Waals surface area contributed by atoms with E-state index >= 15 is 0 Å². The summed E-state index contributed by atoms with van der Waals surface area (Å²) in [4.78, 5) is 24.8. The van der Waals surface area contributed by atoms with E-state index in [1.165, 1.54) is 55.3 Å². The zero-order valence-corrected chi connectivity index (χ0v) is 15.4. The summed E-state index contributed by atoms with van der Waals surface area (Å²) < 4.78 is 10.1. The molecule has 1 aliphatic heterocycles. The summed E-state index contributed by atoms with van der Waals surface area (Å²) in [5.41, 5.74) is 3.53. The summed E-state index contributed by atoms with van der Waals surface area (Å²) >= 11 is 1.34. The molecule has 1 unspecified atom stereocenters. The predicted molar refractivity (Wildman–Crippen MR) is 98.8 cm³/mol. The summed E-state index contributed by atoms with van der Waals surface area (Å²) in [5, 5.41) is 20.2. The van der Waals surface area contributed by atoms with Gasteiger partial charge in [0.15, 0.2) is 23.0 Å². The van der Waals surface area contributed by atoms with Crippen LogP contribution in [0.3, 0.4) is 0 Å². The first-order valence-electron chi connectivity index (χ1n) is 7.93. The molecule has 1 heterocycles. The quantitative estimate of drug-likeness (QED) is 0.717. The van der Waals surface area contributed by atoms with E-state index in [-0.39, 0.29) is 40.2 Å². The smallest absolute Gasteiger partial charge is 0.270 e. The van der Waals surface area contributed by atoms with Gasteiger partial charge >= 0.3 is 0 Å². The van der Waals surface area contributed by atoms with Crippen LogP contribution in [0.4, 0.5) is 0 Å². The van der Waals surface area contributed by atoms with Crippen molar-refractivity contribution < 1.29 is 29.3 Å². The fourth-order valence-corrected chi connectivity index (χ4v) is 3.73. The number of amides is 2. The number of hydrogen-bond acceptors (Lipinski definition) is 7. The third kappa shape index (κ3) is 3.72. The first-order chi connectivity index (χ1) is 12.9. The Morgan fingerprint density at radius 2 is 1.74 bits per heavy atom. The van der Waals surface area contributed by atoms with Crippen LogP contribution in [0.1, 0.15) is 21.3 Å². The van der Waals surface area contributed by atoms with Gasteiger partial charge in [0.25, 0.3) is 11.8 Å². The van der Waals surface area contributed by atoms with E-state index in [1.807, 2.05) is 0 Å². The van der Waals surface area contributed by atoms with Gasteiger partial charge in [-0.15, -0.1) is 11.8 Å². The van der Waals surface area contributed by atoms with E-state index in [0.717, 1.165) is 0 Å². The second kappa shape index (κ2) is 7.67. The number of carbonyl (C=O) groups excluding carboxylic acids is 2. The van der Waals surface area contributed by atoms with Gasteiger partial charge in [0.2, 0.25) is 0 Å². The first-order valence-corrected chi connectivity index (χ1v) is 8.98. The molecule has 1 saturated heterocycles. The molecule has 2 amide bonds. The Bertz CT molecular complexity index is 888. The van der Waals surface area contributed by atoms with Gasteiger partial charge in [-0.3, -0.25) is 15.0 Å². The number of nitrogens with zero attached hydrogens (tertiary/aromatic N) is 1. The molecule has 0 spiro atoms. The number of thioether (sulfide) groups is 1. The fourth-order valence-electron chi connectivity index (χ4n) is 2.63. The lowest BCUT2D eigenvalue weighted by Crippen LogP contribution is -2.44. The van der Waals surface area contributed by atoms with E-state index in [4.69, 9.17) is 9.47 Å². The highest BCUT2D eigenvalue weighted by atomic mass is 32.2. The monoisotopic (exact) mass is 390 g/mol. The van der Waals surface area contributed by atoms with E-state index in [0.29, 0.717) is 5.56 Å². The van der Waals surface area contributed by atoms with E-state index < -0.39 is 11.3 Å². The van der Waals surface area contributed by atoms with Crippen LogP contribution >= 0.6 is 11.8 Å². The van der Waals surface area contributed by atoms with Gasteiger partial charge < -0.3 is 19.7 Å². The maximum absolute atomic E-state index is 12.6. The molecule has 2 aromatic rings. The lowest BCUT2D eigenvalue weighted by atomic mass is 10.2. The van der Waals surface area contributed by atoms with E-state index in [9.17, 15) is 19.8 Å². The molecule has 0 bridgehead atoms. The van der Waals surface area contributed by atoms with Crippen molar-refractivity contribution in [1.82, 2.24) is 10.4 Å². The minimum absolute atomic E-state index is 0.0117. The number of phenolic OH excluding ortho intramolecular Hbond substituents is 2. The molecule has 8 nitrogen and oxygen atoms in total. The van der Waals surface area contributed by atoms with Crippen molar-refractivity contribution in [3.8, 4) is 23.0 Å². The summed E-state index contributed by atoms with van der Waals surface area (Å²) in [6.07, 6.45) is 0. The molecule has 0 aliphatic carbocycles. The SMILES string of the molecule is COc1cc(C(=O)NN2C(=O)CSC2c2ccc(O)c(OC)c2)ccc1O. The Labute approximate surface area is 159 Å². The van der Waals surface area contributed by atoms with Crippen LogP contribution in [0, 0.1) is 0 Å². The number of methoxy groups -OCH3 is 2. The highest BCUT2D eigenvalue weighted by Gasteiger charge is 2.35. The Kier molecular flexibility index (Phi) is 5.31. The maximum Gasteiger partial charge on any atom is 0.270 e. The molecule has 3 N–H and O–H groups in total. The number of ether oxygens (including phenoxy) is 2. The minimum Gasteiger partial charge on any atom is -0.504 e. The number of hydrazine groups is 1. The molecule has 9 heteroatoms. The summed E-state index contributed by atoms with van der Waals surface area (Å²) in [6.45, 7) is 0. The average Bonchev–Trinajstić information content (AvgIpc) is 3.03. The zero-order valence-electron chi connectivity index (χ0n) is 14.6. The number of benzene rings is 2. The van der Waals surface area contributed by atoms with Crippen LogP contribution in [-0.2, 0) is 4.79 Å². The first kappa shape index (κ1) is 18.7. The van der Waals surface area contributed by atoms with Gasteiger partial charge in [0.1, 0.15) is 5.37 Å². The van der Waals surface area contributed by atoms with Crippen molar-refractivity contribution >= 4 is 23.6 Å². The molecule has 2 aromatic carbocycles. The number of hydrogen-bond donors (Lipinski definition) is 3. The van der Waals surface area contributed by atoms with Gasteiger partial charge in [0.05, 0.1) is 20.0 Å². The lowest BCUT2D eigenvalue weighted by Gasteiger charge is -2.25. The summed E-state index contributed by atoms with van der Waals surface area (Å²) in [5.74, 6) is -0.228. The Balaban J connectivity index is 1.84. The topological polar surface area (TPSA) is 108 Å². The third-order valence-corrected chi connectivity index (χ3v) is 5.23. The number of carbonyl (C=O) groups is 2. The normalized spacial score (nSPS) is 16.3. The maximum atomic E-state index is 12.6. The third-order valence-electron chi connectivity index (χ3n) is 4.02. The van der Waals surface area contributed by atoms with Gasteiger partial charge in [-0.25, -0.2) is 5.01 Å². The Hall–Kier alpha value is -3.07. The zero-order chi connectivity index (χ0) is 19.6. The molecule has 1 aliphatic rings. The Morgan fingerprint density at radius 1 is 1.11 bits per heavy atom. The molecule has 0 radical (unpaired) electrons. The largest absolute Gasteiger partial charge is 0.504 e. The number of aromatic hydroxyl groups is 2. The van der Waals surface area contributed by atoms with Crippen LogP contribution in [0.25, 0.3) is 0 Å². The highest BCUT2D eigenvalue weighted by molar-refractivity contribution is 8.00. The standard InChI is InChI=1S/C18H18N2O6S/c1-25-14-7-10(3-5-12(14)21)17(24)19-20-16(23)9-27-18(20)11-4-6-13(22)15(8-11)26-2/h3-8,18,21-22H,9H2,1-2H3,(H,19,24). The lowest BCUT2D eigenvalue weighted by molar-refractivity contribution is -0.130. The molecule has 0 aromatic heterocycles. The van der Waals surface area contributed by atoms with Crippen LogP contribution in [0.5, 0.6) is 23.0 Å². The van der Waals surface area contributed by atoms with Gasteiger partial charge in [-0.2, -0.15) is 0 Å². The number of nitrogens with one attached hydrogen (secondary N) is 1. The number of phenols is 2. The van der Waals surface area contributed by atoms with Crippen molar-refractivity contribution in [3.63, 3.8) is 0 Å². The van der Waals surface area contributed by atoms with E-state index in [1.54, 1.807) is 12.1 Å². The molecule has 142 valence electrons. The van der Waals surface area contributed by atoms with Crippen LogP contribution < -0.4 is 14.9 Å². The van der Waals surface area contributed by atoms with Crippen LogP contribution in [0.15, 0.2) is 36.4 Å². The van der Waals surface area contributed by atoms with Gasteiger partial charge in [0, 0.05) is 5.56 Å². The molecule has 1 atom stereocenters. The molecule has 27 heavy (non-hydrogen) atoms. The minimum atomic E-state index is -0.514. The van der Waals surface area contributed by atoms with Crippen LogP contribution in [-0.4, -0.2) is 47.0 Å². The molecular weight excluding hydrogens is 372 g/mol. The van der Waals surface area contributed by atoms with Crippen LogP contribution in [0.2, 0.25) is 0 Å². The summed E-state index contributed by atoms with van der Waals surface area (Å²) in [6, 6.07) is 8.92. The van der Waals surface area contributed by atoms with Crippen molar-refractivity contribution in [2.24, 2.45) is 0 Å². The van der Waals surface area contributed by atoms with Gasteiger partial charge in [-0.05, 0) is 35.9 Å². The van der Waals surface area contributed by atoms with Gasteiger partial charge in [-0.1, -0.05) is 6.07 Å². The van der Waals surface area contributed by atoms with Crippen molar-refractivity contribution in [3.05, 3.63) is 47.5 Å². The second-order valence-corrected chi connectivity index (χ2v) is 6.75. The number of rotatable bonds is 5. The second-order valence-electron chi connectivity index (χ2n) is 5.69. The fraction of sp³-hybridized carbons (Fsp3) is 0.222.